The largest absolute Gasteiger partial charge is 0.458 e. The van der Waals surface area contributed by atoms with Gasteiger partial charge in [0.1, 0.15) is 23.0 Å². The number of ether oxygens (including phenoxy) is 2. The summed E-state index contributed by atoms with van der Waals surface area (Å²) in [5.41, 5.74) is 18.2. The van der Waals surface area contributed by atoms with Crippen molar-refractivity contribution in [2.75, 3.05) is 4.90 Å². The number of fused-ring (bicyclic) bond motifs is 12. The van der Waals surface area contributed by atoms with E-state index in [0.717, 1.165) is 28.7 Å². The third kappa shape index (κ3) is 4.82. The molecule has 4 nitrogen and oxygen atoms in total. The van der Waals surface area contributed by atoms with Gasteiger partial charge in [-0.15, -0.1) is 0 Å². The molecule has 0 fully saturated rings. The molecule has 12 rings (SSSR count). The SMILES string of the molecule is CC(C)(C)c1cc2c3c(c1)N(c1ccccc1)c1ccccc1B3c1cc3c4c(c1O2)c1cc(C(C)(C)C)ccc1n4-c1cc(C(C)(C)C)cc2c1B3c1ccccc1O2. The topological polar surface area (TPSA) is 26.6 Å². The van der Waals surface area contributed by atoms with Gasteiger partial charge in [0.05, 0.1) is 11.0 Å². The molecule has 1 aromatic heterocycles. The molecular weight excluding hydrogens is 730 g/mol. The van der Waals surface area contributed by atoms with Crippen LogP contribution in [0.15, 0.2) is 127 Å². The lowest BCUT2D eigenvalue weighted by Gasteiger charge is -2.42. The van der Waals surface area contributed by atoms with Crippen molar-refractivity contribution in [3.05, 3.63) is 144 Å². The van der Waals surface area contributed by atoms with Crippen LogP contribution in [0.25, 0.3) is 27.5 Å². The van der Waals surface area contributed by atoms with Crippen molar-refractivity contribution in [2.45, 2.75) is 78.6 Å². The molecule has 4 aliphatic heterocycles. The highest BCUT2D eigenvalue weighted by Gasteiger charge is 2.47. The summed E-state index contributed by atoms with van der Waals surface area (Å²) in [6, 6.07) is 47.8. The fourth-order valence-electron chi connectivity index (χ4n) is 10.6. The fraction of sp³-hybridized carbons (Fsp3) is 0.222. The zero-order valence-corrected chi connectivity index (χ0v) is 36.0. The maximum absolute atomic E-state index is 7.62. The van der Waals surface area contributed by atoms with Crippen molar-refractivity contribution < 1.29 is 9.47 Å². The van der Waals surface area contributed by atoms with Crippen molar-refractivity contribution in [1.29, 1.82) is 0 Å². The second-order valence-electron chi connectivity index (χ2n) is 20.6. The van der Waals surface area contributed by atoms with Crippen LogP contribution in [-0.4, -0.2) is 18.0 Å². The standard InChI is InChI=1S/C54H48B2N2O2/c1-52(2,3)31-23-24-40-35(25-31)47-50-38(56-37-20-14-16-22-44(37)59-45-28-33(54(7,8)9)27-43(49(45)56)58(40)50)30-39-51(47)60-46-29-32(53(4,5)6)26-42-48(46)55(39)36-19-13-15-21-41(36)57(42)34-17-11-10-12-18-34/h10-30H,1-9H3. The Morgan fingerprint density at radius 2 is 1.05 bits per heavy atom. The Morgan fingerprint density at radius 1 is 0.450 bits per heavy atom. The molecule has 0 unspecified atom stereocenters. The average Bonchev–Trinajstić information content (AvgIpc) is 3.56. The summed E-state index contributed by atoms with van der Waals surface area (Å²) in [6.07, 6.45) is 0. The molecule has 0 spiro atoms. The lowest BCUT2D eigenvalue weighted by Crippen LogP contribution is -2.63. The molecule has 0 aliphatic carbocycles. The molecule has 292 valence electrons. The first-order chi connectivity index (χ1) is 28.7. The van der Waals surface area contributed by atoms with Crippen molar-refractivity contribution in [1.82, 2.24) is 4.57 Å². The van der Waals surface area contributed by atoms with Crippen LogP contribution in [0.1, 0.15) is 79.0 Å². The quantitative estimate of drug-likeness (QED) is 0.155. The number of anilines is 3. The van der Waals surface area contributed by atoms with Gasteiger partial charge in [0, 0.05) is 33.5 Å². The molecule has 0 radical (unpaired) electrons. The second-order valence-corrected chi connectivity index (χ2v) is 20.6. The highest BCUT2D eigenvalue weighted by Crippen LogP contribution is 2.48. The molecule has 5 heterocycles. The van der Waals surface area contributed by atoms with E-state index >= 15 is 0 Å². The number of hydrogen-bond donors (Lipinski definition) is 0. The summed E-state index contributed by atoms with van der Waals surface area (Å²) >= 11 is 0. The van der Waals surface area contributed by atoms with Crippen LogP contribution in [0.2, 0.25) is 0 Å². The van der Waals surface area contributed by atoms with Crippen molar-refractivity contribution in [3.63, 3.8) is 0 Å². The summed E-state index contributed by atoms with van der Waals surface area (Å²) < 4.78 is 17.1. The van der Waals surface area contributed by atoms with Gasteiger partial charge in [-0.25, -0.2) is 0 Å². The summed E-state index contributed by atoms with van der Waals surface area (Å²) in [6.45, 7) is 20.7. The minimum Gasteiger partial charge on any atom is -0.458 e. The lowest BCUT2D eigenvalue weighted by molar-refractivity contribution is 0.483. The van der Waals surface area contributed by atoms with Crippen molar-refractivity contribution in [3.8, 4) is 28.7 Å². The molecule has 0 atom stereocenters. The zero-order chi connectivity index (χ0) is 41.2. The fourth-order valence-corrected chi connectivity index (χ4v) is 10.6. The van der Waals surface area contributed by atoms with Gasteiger partial charge in [-0.2, -0.15) is 0 Å². The third-order valence-corrected chi connectivity index (χ3v) is 13.7. The van der Waals surface area contributed by atoms with Crippen LogP contribution in [0.4, 0.5) is 17.1 Å². The Bertz CT molecular complexity index is 3180. The Hall–Kier alpha value is -6.13. The van der Waals surface area contributed by atoms with Crippen LogP contribution < -0.4 is 47.2 Å². The number of rotatable bonds is 1. The Labute approximate surface area is 353 Å². The van der Waals surface area contributed by atoms with Gasteiger partial charge in [0.15, 0.2) is 0 Å². The number of benzene rings is 7. The second kappa shape index (κ2) is 11.8. The smallest absolute Gasteiger partial charge is 0.256 e. The zero-order valence-electron chi connectivity index (χ0n) is 36.0. The Kier molecular flexibility index (Phi) is 7.03. The maximum Gasteiger partial charge on any atom is 0.256 e. The molecule has 0 amide bonds. The lowest BCUT2D eigenvalue weighted by atomic mass is 9.31. The van der Waals surface area contributed by atoms with E-state index in [1.54, 1.807) is 0 Å². The molecule has 0 bridgehead atoms. The van der Waals surface area contributed by atoms with Gasteiger partial charge in [-0.05, 0) is 126 Å². The first kappa shape index (κ1) is 35.8. The Morgan fingerprint density at radius 3 is 1.77 bits per heavy atom. The van der Waals surface area contributed by atoms with Crippen molar-refractivity contribution in [2.24, 2.45) is 0 Å². The first-order valence-corrected chi connectivity index (χ1v) is 21.6. The highest BCUT2D eigenvalue weighted by molar-refractivity contribution is 7.02. The van der Waals surface area contributed by atoms with E-state index in [0.29, 0.717) is 0 Å². The van der Waals surface area contributed by atoms with Crippen LogP contribution >= 0.6 is 0 Å². The van der Waals surface area contributed by atoms with E-state index in [1.165, 1.54) is 88.3 Å². The monoisotopic (exact) mass is 778 g/mol. The van der Waals surface area contributed by atoms with Gasteiger partial charge in [-0.3, -0.25) is 0 Å². The minimum absolute atomic E-state index is 0.0237. The van der Waals surface area contributed by atoms with Gasteiger partial charge in [0.25, 0.3) is 13.4 Å². The molecule has 60 heavy (non-hydrogen) atoms. The number of aromatic nitrogens is 1. The normalized spacial score (nSPS) is 14.6. The number of nitrogens with zero attached hydrogens (tertiary/aromatic N) is 2. The van der Waals surface area contributed by atoms with E-state index in [4.69, 9.17) is 9.47 Å². The van der Waals surface area contributed by atoms with E-state index in [9.17, 15) is 0 Å². The van der Waals surface area contributed by atoms with Gasteiger partial charge < -0.3 is 18.9 Å². The van der Waals surface area contributed by atoms with E-state index in [2.05, 4.69) is 199 Å². The summed E-state index contributed by atoms with van der Waals surface area (Å²) in [5.74, 6) is 3.79. The first-order valence-electron chi connectivity index (χ1n) is 21.6. The molecule has 6 heteroatoms. The molecule has 4 aliphatic rings. The molecule has 0 N–H and O–H groups in total. The Balaban J connectivity index is 1.26. The summed E-state index contributed by atoms with van der Waals surface area (Å²) in [4.78, 5) is 2.46. The molecule has 0 saturated carbocycles. The summed E-state index contributed by atoms with van der Waals surface area (Å²) in [5, 5.41) is 2.42. The molecular formula is C54H48B2N2O2. The molecule has 0 saturated heterocycles. The number of hydrogen-bond acceptors (Lipinski definition) is 3. The van der Waals surface area contributed by atoms with Crippen LogP contribution in [0.5, 0.6) is 23.0 Å². The highest BCUT2D eigenvalue weighted by atomic mass is 16.5. The number of para-hydroxylation sites is 3. The third-order valence-electron chi connectivity index (χ3n) is 13.7. The predicted molar refractivity (Wildman–Crippen MR) is 254 cm³/mol. The average molecular weight is 779 g/mol. The van der Waals surface area contributed by atoms with E-state index in [1.807, 2.05) is 0 Å². The summed E-state index contributed by atoms with van der Waals surface area (Å²) in [7, 11) is 0. The van der Waals surface area contributed by atoms with Crippen LogP contribution in [-0.2, 0) is 16.2 Å². The molecule has 7 aromatic carbocycles. The van der Waals surface area contributed by atoms with Crippen molar-refractivity contribution >= 4 is 85.1 Å². The van der Waals surface area contributed by atoms with E-state index < -0.39 is 0 Å². The van der Waals surface area contributed by atoms with E-state index in [-0.39, 0.29) is 29.7 Å². The van der Waals surface area contributed by atoms with Gasteiger partial charge in [-0.1, -0.05) is 129 Å². The van der Waals surface area contributed by atoms with Crippen LogP contribution in [0, 0.1) is 0 Å². The van der Waals surface area contributed by atoms with Gasteiger partial charge >= 0.3 is 0 Å². The maximum atomic E-state index is 7.62. The minimum atomic E-state index is -0.107. The predicted octanol–water partition coefficient (Wildman–Crippen LogP) is 10.0. The van der Waals surface area contributed by atoms with Gasteiger partial charge in [0.2, 0.25) is 0 Å². The molecule has 8 aromatic rings. The van der Waals surface area contributed by atoms with Crippen LogP contribution in [0.3, 0.4) is 0 Å².